The van der Waals surface area contributed by atoms with Gasteiger partial charge in [-0.15, -0.1) is 0 Å². The Kier molecular flexibility index (Phi) is 5.28. The van der Waals surface area contributed by atoms with Gasteiger partial charge in [-0.3, -0.25) is 4.79 Å². The predicted molar refractivity (Wildman–Crippen MR) is 80.0 cm³/mol. The van der Waals surface area contributed by atoms with E-state index < -0.39 is 23.6 Å². The van der Waals surface area contributed by atoms with Crippen LogP contribution in [0.3, 0.4) is 0 Å². The number of aliphatic carboxylic acids is 1. The molecule has 0 aliphatic carbocycles. The first-order valence-corrected chi connectivity index (χ1v) is 7.18. The Morgan fingerprint density at radius 3 is 2.71 bits per heavy atom. The van der Waals surface area contributed by atoms with Crippen LogP contribution < -0.4 is 0 Å². The Labute approximate surface area is 136 Å². The van der Waals surface area contributed by atoms with Crippen LogP contribution in [0, 0.1) is 11.6 Å². The third-order valence-corrected chi connectivity index (χ3v) is 3.63. The third-order valence-electron chi connectivity index (χ3n) is 3.63. The fraction of sp³-hybridized carbons (Fsp3) is 0.312. The van der Waals surface area contributed by atoms with Crippen LogP contribution in [-0.2, 0) is 16.0 Å². The number of likely N-dealkylation sites (N-methyl/N-ethyl adjacent to an activating group) is 1. The zero-order chi connectivity index (χ0) is 17.9. The molecule has 2 rings (SSSR count). The number of benzene rings is 1. The van der Waals surface area contributed by atoms with Crippen LogP contribution in [0.2, 0.25) is 0 Å². The Hall–Kier alpha value is -2.77. The highest BCUT2D eigenvalue weighted by molar-refractivity contribution is 5.83. The molecule has 24 heavy (non-hydrogen) atoms. The summed E-state index contributed by atoms with van der Waals surface area (Å²) in [6.07, 6.45) is 1.43. The molecule has 1 heterocycles. The van der Waals surface area contributed by atoms with Gasteiger partial charge in [0.15, 0.2) is 11.7 Å². The average molecular weight is 338 g/mol. The largest absolute Gasteiger partial charge is 0.480 e. The Morgan fingerprint density at radius 2 is 2.08 bits per heavy atom. The van der Waals surface area contributed by atoms with Gasteiger partial charge < -0.3 is 14.4 Å². The highest BCUT2D eigenvalue weighted by Gasteiger charge is 2.22. The number of carbonyl (C=O) groups is 2. The molecule has 128 valence electrons. The number of aromatic nitrogens is 1. The number of aryl methyl sites for hydroxylation is 1. The van der Waals surface area contributed by atoms with Crippen molar-refractivity contribution in [1.29, 1.82) is 0 Å². The minimum absolute atomic E-state index is 0.0000265. The molecule has 0 bridgehead atoms. The molecular formula is C16H16F2N2O4. The third kappa shape index (κ3) is 3.95. The molecule has 0 aliphatic rings. The van der Waals surface area contributed by atoms with Crippen LogP contribution in [0.1, 0.15) is 19.2 Å². The zero-order valence-electron chi connectivity index (χ0n) is 13.1. The zero-order valence-corrected chi connectivity index (χ0v) is 13.1. The van der Waals surface area contributed by atoms with Crippen LogP contribution in [0.25, 0.3) is 11.3 Å². The van der Waals surface area contributed by atoms with Gasteiger partial charge in [0, 0.05) is 26.0 Å². The van der Waals surface area contributed by atoms with Crippen LogP contribution in [-0.4, -0.2) is 40.0 Å². The van der Waals surface area contributed by atoms with E-state index in [-0.39, 0.29) is 36.0 Å². The van der Waals surface area contributed by atoms with Gasteiger partial charge in [0.2, 0.25) is 5.91 Å². The number of hydrogen-bond donors (Lipinski definition) is 1. The predicted octanol–water partition coefficient (Wildman–Crippen LogP) is 2.48. The molecule has 0 saturated heterocycles. The molecule has 0 aliphatic heterocycles. The van der Waals surface area contributed by atoms with E-state index in [4.69, 9.17) is 9.52 Å². The lowest BCUT2D eigenvalue weighted by Gasteiger charge is -2.21. The lowest BCUT2D eigenvalue weighted by Crippen LogP contribution is -2.40. The quantitative estimate of drug-likeness (QED) is 0.875. The number of carboxylic acids is 1. The van der Waals surface area contributed by atoms with Gasteiger partial charge in [0.1, 0.15) is 17.7 Å². The second-order valence-corrected chi connectivity index (χ2v) is 5.26. The normalized spacial score (nSPS) is 12.0. The number of halogens is 2. The lowest BCUT2D eigenvalue weighted by atomic mass is 10.2. The maximum absolute atomic E-state index is 13.7. The van der Waals surface area contributed by atoms with Gasteiger partial charge in [-0.25, -0.2) is 18.6 Å². The maximum atomic E-state index is 13.7. The standard InChI is InChI=1S/C16H16F2N2O4/c1-9(16(22)23)20(2)15(21)6-5-14-19-8-13(24-14)11-4-3-10(17)7-12(11)18/h3-4,7-9H,5-6H2,1-2H3,(H,22,23). The van der Waals surface area contributed by atoms with Crippen molar-refractivity contribution in [3.8, 4) is 11.3 Å². The van der Waals surface area contributed by atoms with E-state index in [2.05, 4.69) is 4.98 Å². The van der Waals surface area contributed by atoms with E-state index in [0.29, 0.717) is 0 Å². The number of amides is 1. The molecule has 1 N–H and O–H groups in total. The summed E-state index contributed by atoms with van der Waals surface area (Å²) in [5, 5.41) is 8.87. The molecule has 0 radical (unpaired) electrons. The van der Waals surface area contributed by atoms with Crippen molar-refractivity contribution >= 4 is 11.9 Å². The van der Waals surface area contributed by atoms with E-state index in [9.17, 15) is 18.4 Å². The molecule has 1 unspecified atom stereocenters. The monoisotopic (exact) mass is 338 g/mol. The number of hydrogen-bond acceptors (Lipinski definition) is 4. The van der Waals surface area contributed by atoms with Crippen molar-refractivity contribution in [2.75, 3.05) is 7.05 Å². The van der Waals surface area contributed by atoms with Gasteiger partial charge in [0.05, 0.1) is 11.8 Å². The van der Waals surface area contributed by atoms with Gasteiger partial charge in [-0.2, -0.15) is 0 Å². The topological polar surface area (TPSA) is 83.6 Å². The van der Waals surface area contributed by atoms with Crippen molar-refractivity contribution in [1.82, 2.24) is 9.88 Å². The number of carbonyl (C=O) groups excluding carboxylic acids is 1. The Morgan fingerprint density at radius 1 is 1.38 bits per heavy atom. The van der Waals surface area contributed by atoms with Crippen molar-refractivity contribution in [3.05, 3.63) is 41.9 Å². The van der Waals surface area contributed by atoms with Crippen molar-refractivity contribution in [2.24, 2.45) is 0 Å². The summed E-state index contributed by atoms with van der Waals surface area (Å²) >= 11 is 0. The molecule has 1 aromatic carbocycles. The molecule has 0 spiro atoms. The molecule has 0 saturated carbocycles. The van der Waals surface area contributed by atoms with E-state index >= 15 is 0 Å². The van der Waals surface area contributed by atoms with E-state index in [1.807, 2.05) is 0 Å². The Balaban J connectivity index is 2.02. The minimum Gasteiger partial charge on any atom is -0.480 e. The molecule has 6 nitrogen and oxygen atoms in total. The SMILES string of the molecule is CC(C(=O)O)N(C)C(=O)CCc1ncc(-c2ccc(F)cc2F)o1. The summed E-state index contributed by atoms with van der Waals surface area (Å²) in [7, 11) is 1.40. The van der Waals surface area contributed by atoms with Gasteiger partial charge >= 0.3 is 5.97 Å². The number of rotatable bonds is 6. The fourth-order valence-electron chi connectivity index (χ4n) is 2.01. The first-order valence-electron chi connectivity index (χ1n) is 7.18. The summed E-state index contributed by atoms with van der Waals surface area (Å²) in [4.78, 5) is 27.8. The fourth-order valence-corrected chi connectivity index (χ4v) is 2.01. The van der Waals surface area contributed by atoms with Gasteiger partial charge in [-0.1, -0.05) is 0 Å². The van der Waals surface area contributed by atoms with Crippen LogP contribution in [0.15, 0.2) is 28.8 Å². The summed E-state index contributed by atoms with van der Waals surface area (Å²) in [5.41, 5.74) is 0.0677. The lowest BCUT2D eigenvalue weighted by molar-refractivity contribution is -0.148. The summed E-state index contributed by atoms with van der Waals surface area (Å²) in [6, 6.07) is 2.14. The average Bonchev–Trinajstić information content (AvgIpc) is 2.99. The van der Waals surface area contributed by atoms with Crippen LogP contribution in [0.5, 0.6) is 0 Å². The Bertz CT molecular complexity index is 760. The second kappa shape index (κ2) is 7.20. The van der Waals surface area contributed by atoms with E-state index in [1.165, 1.54) is 26.2 Å². The van der Waals surface area contributed by atoms with Crippen molar-refractivity contribution in [3.63, 3.8) is 0 Å². The molecule has 1 atom stereocenters. The smallest absolute Gasteiger partial charge is 0.326 e. The van der Waals surface area contributed by atoms with Crippen LogP contribution >= 0.6 is 0 Å². The van der Waals surface area contributed by atoms with E-state index in [0.717, 1.165) is 17.0 Å². The second-order valence-electron chi connectivity index (χ2n) is 5.26. The molecule has 1 aromatic heterocycles. The molecule has 8 heteroatoms. The van der Waals surface area contributed by atoms with Crippen molar-refractivity contribution in [2.45, 2.75) is 25.8 Å². The summed E-state index contributed by atoms with van der Waals surface area (Å²) in [6.45, 7) is 1.40. The first-order chi connectivity index (χ1) is 11.3. The van der Waals surface area contributed by atoms with E-state index in [1.54, 1.807) is 0 Å². The molecule has 0 fully saturated rings. The number of carboxylic acid groups (broad SMARTS) is 1. The first kappa shape index (κ1) is 17.6. The summed E-state index contributed by atoms with van der Waals surface area (Å²) < 4.78 is 32.0. The highest BCUT2D eigenvalue weighted by Crippen LogP contribution is 2.24. The minimum atomic E-state index is -1.10. The molecule has 2 aromatic rings. The van der Waals surface area contributed by atoms with Crippen molar-refractivity contribution < 1.29 is 27.9 Å². The highest BCUT2D eigenvalue weighted by atomic mass is 19.1. The maximum Gasteiger partial charge on any atom is 0.326 e. The molecule has 1 amide bonds. The van der Waals surface area contributed by atoms with Gasteiger partial charge in [-0.05, 0) is 19.1 Å². The van der Waals surface area contributed by atoms with Crippen LogP contribution in [0.4, 0.5) is 8.78 Å². The number of oxazole rings is 1. The van der Waals surface area contributed by atoms with Gasteiger partial charge in [0.25, 0.3) is 0 Å². The summed E-state index contributed by atoms with van der Waals surface area (Å²) in [5.74, 6) is -2.62. The number of nitrogens with zero attached hydrogens (tertiary/aromatic N) is 2. The molecular weight excluding hydrogens is 322 g/mol.